The predicted octanol–water partition coefficient (Wildman–Crippen LogP) is -0.590. The number of nitrogens with two attached hydrogens (primary N) is 1. The van der Waals surface area contributed by atoms with Gasteiger partial charge in [0, 0.05) is 13.1 Å². The highest BCUT2D eigenvalue weighted by Crippen LogP contribution is 2.04. The molecule has 0 radical (unpaired) electrons. The van der Waals surface area contributed by atoms with Gasteiger partial charge in [0.1, 0.15) is 0 Å². The van der Waals surface area contributed by atoms with Crippen molar-refractivity contribution in [1.82, 2.24) is 10.2 Å². The Balaban J connectivity index is 2.67. The first-order chi connectivity index (χ1) is 9.54. The zero-order valence-electron chi connectivity index (χ0n) is 10.9. The largest absolute Gasteiger partial charge is 0.395 e. The Morgan fingerprint density at radius 3 is 2.50 bits per heavy atom. The number of hydrogen-bond donors (Lipinski definition) is 3. The highest BCUT2D eigenvalue weighted by molar-refractivity contribution is 7.80. The van der Waals surface area contributed by atoms with Crippen molar-refractivity contribution in [2.45, 2.75) is 6.54 Å². The molecule has 1 aromatic carbocycles. The molecule has 0 saturated heterocycles. The topological polar surface area (TPSA) is 95.7 Å². The van der Waals surface area contributed by atoms with Crippen molar-refractivity contribution in [2.24, 2.45) is 5.73 Å². The van der Waals surface area contributed by atoms with E-state index >= 15 is 0 Å². The first kappa shape index (κ1) is 16.1. The molecule has 20 heavy (non-hydrogen) atoms. The van der Waals surface area contributed by atoms with E-state index < -0.39 is 11.8 Å². The van der Waals surface area contributed by atoms with Crippen molar-refractivity contribution in [2.75, 3.05) is 19.7 Å². The minimum Gasteiger partial charge on any atom is -0.395 e. The van der Waals surface area contributed by atoms with E-state index in [0.717, 1.165) is 5.56 Å². The van der Waals surface area contributed by atoms with Gasteiger partial charge in [0.25, 0.3) is 0 Å². The number of amides is 2. The lowest BCUT2D eigenvalue weighted by molar-refractivity contribution is -0.146. The summed E-state index contributed by atoms with van der Waals surface area (Å²) in [6.07, 6.45) is 0. The number of aliphatic hydroxyl groups excluding tert-OH is 1. The number of carbonyl (C=O) groups excluding carboxylic acids is 2. The predicted molar refractivity (Wildman–Crippen MR) is 78.7 cm³/mol. The van der Waals surface area contributed by atoms with Crippen molar-refractivity contribution >= 4 is 29.0 Å². The second-order valence-corrected chi connectivity index (χ2v) is 4.61. The molecule has 1 rings (SSSR count). The van der Waals surface area contributed by atoms with Crippen LogP contribution in [-0.2, 0) is 16.1 Å². The molecule has 7 heteroatoms. The number of nitrogens with zero attached hydrogens (tertiary/aromatic N) is 1. The zero-order valence-corrected chi connectivity index (χ0v) is 11.7. The van der Waals surface area contributed by atoms with Crippen molar-refractivity contribution in [3.63, 3.8) is 0 Å². The van der Waals surface area contributed by atoms with Crippen molar-refractivity contribution in [1.29, 1.82) is 0 Å². The molecule has 0 aromatic heterocycles. The van der Waals surface area contributed by atoms with Gasteiger partial charge in [0.05, 0.1) is 18.1 Å². The van der Waals surface area contributed by atoms with Crippen LogP contribution in [0.4, 0.5) is 0 Å². The number of aliphatic hydroxyl groups is 1. The van der Waals surface area contributed by atoms with E-state index in [1.54, 1.807) is 0 Å². The lowest BCUT2D eigenvalue weighted by Crippen LogP contribution is -2.45. The monoisotopic (exact) mass is 295 g/mol. The molecule has 0 fully saturated rings. The van der Waals surface area contributed by atoms with Crippen molar-refractivity contribution in [3.05, 3.63) is 35.9 Å². The summed E-state index contributed by atoms with van der Waals surface area (Å²) >= 11 is 4.62. The number of hydrogen-bond acceptors (Lipinski definition) is 4. The van der Waals surface area contributed by atoms with Gasteiger partial charge < -0.3 is 21.1 Å². The quantitative estimate of drug-likeness (QED) is 0.481. The fourth-order valence-electron chi connectivity index (χ4n) is 1.56. The normalized spacial score (nSPS) is 9.85. The van der Waals surface area contributed by atoms with E-state index in [-0.39, 0.29) is 31.2 Å². The summed E-state index contributed by atoms with van der Waals surface area (Å²) < 4.78 is 0. The Morgan fingerprint density at radius 2 is 1.95 bits per heavy atom. The first-order valence-electron chi connectivity index (χ1n) is 6.04. The third-order valence-electron chi connectivity index (χ3n) is 2.49. The molecule has 1 aromatic rings. The van der Waals surface area contributed by atoms with Gasteiger partial charge in [-0.2, -0.15) is 0 Å². The highest BCUT2D eigenvalue weighted by atomic mass is 32.1. The first-order valence-corrected chi connectivity index (χ1v) is 6.45. The number of nitrogens with one attached hydrogen (secondary N) is 1. The molecule has 6 nitrogen and oxygen atoms in total. The highest BCUT2D eigenvalue weighted by Gasteiger charge is 2.21. The SMILES string of the molecule is NC(=S)CNC(=O)C(=O)N(CCO)Cc1ccccc1. The number of benzene rings is 1. The average Bonchev–Trinajstić information content (AvgIpc) is 2.44. The molecule has 0 bridgehead atoms. The van der Waals surface area contributed by atoms with Crippen LogP contribution in [-0.4, -0.2) is 46.5 Å². The Hall–Kier alpha value is -1.99. The van der Waals surface area contributed by atoms with Crippen LogP contribution in [0.5, 0.6) is 0 Å². The van der Waals surface area contributed by atoms with E-state index in [1.165, 1.54) is 4.90 Å². The fourth-order valence-corrected chi connectivity index (χ4v) is 1.64. The summed E-state index contributed by atoms with van der Waals surface area (Å²) in [4.78, 5) is 25.0. The molecule has 0 aliphatic heterocycles. The maximum absolute atomic E-state index is 12.0. The molecule has 0 atom stereocenters. The van der Waals surface area contributed by atoms with Gasteiger partial charge in [-0.25, -0.2) is 0 Å². The Morgan fingerprint density at radius 1 is 1.30 bits per heavy atom. The minimum atomic E-state index is -0.790. The van der Waals surface area contributed by atoms with Gasteiger partial charge in [-0.05, 0) is 5.56 Å². The van der Waals surface area contributed by atoms with E-state index in [4.69, 9.17) is 10.8 Å². The van der Waals surface area contributed by atoms with E-state index in [0.29, 0.717) is 0 Å². The minimum absolute atomic E-state index is 0.0296. The lowest BCUT2D eigenvalue weighted by atomic mass is 10.2. The standard InChI is InChI=1S/C13H17N3O3S/c14-11(20)8-15-12(18)13(19)16(6-7-17)9-10-4-2-1-3-5-10/h1-5,17H,6-9H2,(H2,14,20)(H,15,18). The van der Waals surface area contributed by atoms with Crippen LogP contribution in [0.15, 0.2) is 30.3 Å². The molecule has 0 spiro atoms. The number of rotatable bonds is 6. The van der Waals surface area contributed by atoms with Gasteiger partial charge in [0.2, 0.25) is 0 Å². The summed E-state index contributed by atoms with van der Waals surface area (Å²) in [6, 6.07) is 9.21. The van der Waals surface area contributed by atoms with Crippen LogP contribution < -0.4 is 11.1 Å². The third-order valence-corrected chi connectivity index (χ3v) is 2.64. The Bertz CT molecular complexity index is 479. The van der Waals surface area contributed by atoms with Gasteiger partial charge >= 0.3 is 11.8 Å². The molecular weight excluding hydrogens is 278 g/mol. The van der Waals surface area contributed by atoms with Crippen LogP contribution in [0, 0.1) is 0 Å². The molecule has 0 heterocycles. The van der Waals surface area contributed by atoms with Crippen molar-refractivity contribution < 1.29 is 14.7 Å². The molecule has 0 saturated carbocycles. The van der Waals surface area contributed by atoms with E-state index in [9.17, 15) is 9.59 Å². The molecule has 4 N–H and O–H groups in total. The second kappa shape index (κ2) is 8.23. The third kappa shape index (κ3) is 5.33. The van der Waals surface area contributed by atoms with Crippen LogP contribution in [0.3, 0.4) is 0 Å². The Labute approximate surface area is 122 Å². The fraction of sp³-hybridized carbons (Fsp3) is 0.308. The summed E-state index contributed by atoms with van der Waals surface area (Å²) in [6.45, 7) is 0.0777. The van der Waals surface area contributed by atoms with Gasteiger partial charge in [0.15, 0.2) is 0 Å². The number of thiocarbonyl (C=S) groups is 1. The van der Waals surface area contributed by atoms with Gasteiger partial charge in [-0.1, -0.05) is 42.5 Å². The average molecular weight is 295 g/mol. The van der Waals surface area contributed by atoms with E-state index in [1.807, 2.05) is 30.3 Å². The summed E-state index contributed by atoms with van der Waals surface area (Å²) in [5, 5.41) is 11.3. The van der Waals surface area contributed by atoms with Crippen LogP contribution in [0.1, 0.15) is 5.56 Å². The van der Waals surface area contributed by atoms with Gasteiger partial charge in [-0.3, -0.25) is 9.59 Å². The van der Waals surface area contributed by atoms with Crippen molar-refractivity contribution in [3.8, 4) is 0 Å². The number of carbonyl (C=O) groups is 2. The maximum atomic E-state index is 12.0. The zero-order chi connectivity index (χ0) is 15.0. The summed E-state index contributed by atoms with van der Waals surface area (Å²) in [5.41, 5.74) is 6.12. The van der Waals surface area contributed by atoms with Crippen LogP contribution in [0.25, 0.3) is 0 Å². The molecule has 2 amide bonds. The smallest absolute Gasteiger partial charge is 0.312 e. The summed E-state index contributed by atoms with van der Waals surface area (Å²) in [7, 11) is 0. The molecule has 0 unspecified atom stereocenters. The Kier molecular flexibility index (Phi) is 6.61. The van der Waals surface area contributed by atoms with Crippen LogP contribution >= 0.6 is 12.2 Å². The van der Waals surface area contributed by atoms with Gasteiger partial charge in [-0.15, -0.1) is 0 Å². The van der Waals surface area contributed by atoms with Crippen LogP contribution in [0.2, 0.25) is 0 Å². The molecule has 0 aliphatic rings. The molecule has 0 aliphatic carbocycles. The maximum Gasteiger partial charge on any atom is 0.312 e. The molecule has 108 valence electrons. The lowest BCUT2D eigenvalue weighted by Gasteiger charge is -2.21. The van der Waals surface area contributed by atoms with E-state index in [2.05, 4.69) is 17.5 Å². The molecular formula is C13H17N3O3S. The summed E-state index contributed by atoms with van der Waals surface area (Å²) in [5.74, 6) is -1.51. The second-order valence-electron chi connectivity index (χ2n) is 4.08.